The Labute approximate surface area is 121 Å². The lowest BCUT2D eigenvalue weighted by Gasteiger charge is -2.03. The van der Waals surface area contributed by atoms with Gasteiger partial charge in [-0.15, -0.1) is 21.5 Å². The Morgan fingerprint density at radius 1 is 1.37 bits per heavy atom. The average molecular weight is 298 g/mol. The van der Waals surface area contributed by atoms with Crippen molar-refractivity contribution < 1.29 is 4.74 Å². The second kappa shape index (κ2) is 6.93. The van der Waals surface area contributed by atoms with Gasteiger partial charge in [-0.1, -0.05) is 25.2 Å². The van der Waals surface area contributed by atoms with Crippen molar-refractivity contribution in [1.29, 1.82) is 0 Å². The van der Waals surface area contributed by atoms with E-state index < -0.39 is 0 Å². The molecule has 0 radical (unpaired) electrons. The number of hydrogen-bond acceptors (Lipinski definition) is 7. The molecule has 2 rings (SSSR count). The molecule has 2 heterocycles. The van der Waals surface area contributed by atoms with Crippen LogP contribution in [0.3, 0.4) is 0 Å². The van der Waals surface area contributed by atoms with Crippen molar-refractivity contribution in [3.63, 3.8) is 0 Å². The fourth-order valence-electron chi connectivity index (χ4n) is 1.46. The van der Waals surface area contributed by atoms with Gasteiger partial charge in [-0.3, -0.25) is 0 Å². The van der Waals surface area contributed by atoms with Crippen molar-refractivity contribution >= 4 is 22.7 Å². The summed E-state index contributed by atoms with van der Waals surface area (Å²) in [6.45, 7) is 7.60. The molecule has 0 atom stereocenters. The fraction of sp³-hybridized carbons (Fsp3) is 0.583. The Morgan fingerprint density at radius 3 is 2.89 bits per heavy atom. The molecule has 0 fully saturated rings. The topological polar surface area (TPSA) is 59.9 Å². The van der Waals surface area contributed by atoms with Gasteiger partial charge in [-0.05, 0) is 6.92 Å². The predicted molar refractivity (Wildman–Crippen MR) is 77.9 cm³/mol. The van der Waals surface area contributed by atoms with E-state index in [0.29, 0.717) is 17.8 Å². The first-order valence-electron chi connectivity index (χ1n) is 6.22. The van der Waals surface area contributed by atoms with Crippen LogP contribution in [-0.4, -0.2) is 27.8 Å². The predicted octanol–water partition coefficient (Wildman–Crippen LogP) is 2.42. The van der Waals surface area contributed by atoms with Crippen LogP contribution >= 0.6 is 22.7 Å². The minimum absolute atomic E-state index is 0.447. The first-order chi connectivity index (χ1) is 9.15. The maximum atomic E-state index is 5.62. The van der Waals surface area contributed by atoms with E-state index in [2.05, 4.69) is 34.3 Å². The normalized spacial score (nSPS) is 11.2. The van der Waals surface area contributed by atoms with Gasteiger partial charge in [0.25, 0.3) is 5.19 Å². The maximum Gasteiger partial charge on any atom is 0.294 e. The summed E-state index contributed by atoms with van der Waals surface area (Å²) in [5, 5.41) is 13.0. The number of nitrogens with one attached hydrogen (secondary N) is 1. The number of hydrogen-bond donors (Lipinski definition) is 1. The van der Waals surface area contributed by atoms with Crippen LogP contribution in [0.1, 0.15) is 29.4 Å². The smallest absolute Gasteiger partial charge is 0.294 e. The van der Waals surface area contributed by atoms with Gasteiger partial charge in [0.1, 0.15) is 5.01 Å². The lowest BCUT2D eigenvalue weighted by Crippen LogP contribution is -2.21. The molecule has 0 bridgehead atoms. The van der Waals surface area contributed by atoms with Crippen LogP contribution in [0.5, 0.6) is 5.19 Å². The Balaban J connectivity index is 1.76. The highest BCUT2D eigenvalue weighted by atomic mass is 32.1. The number of thiazole rings is 1. The van der Waals surface area contributed by atoms with E-state index in [1.54, 1.807) is 11.3 Å². The second-order valence-electron chi connectivity index (χ2n) is 4.46. The van der Waals surface area contributed by atoms with Crippen molar-refractivity contribution in [3.05, 3.63) is 21.1 Å². The van der Waals surface area contributed by atoms with Crippen LogP contribution in [0.15, 0.2) is 5.51 Å². The number of aryl methyl sites for hydroxylation is 1. The molecule has 0 amide bonds. The van der Waals surface area contributed by atoms with E-state index in [4.69, 9.17) is 4.74 Å². The first kappa shape index (κ1) is 14.4. The average Bonchev–Trinajstić information content (AvgIpc) is 2.97. The fourth-order valence-corrected chi connectivity index (χ4v) is 2.88. The van der Waals surface area contributed by atoms with Gasteiger partial charge in [0.2, 0.25) is 0 Å². The molecule has 0 aromatic carbocycles. The molecule has 19 heavy (non-hydrogen) atoms. The van der Waals surface area contributed by atoms with Crippen LogP contribution < -0.4 is 10.1 Å². The van der Waals surface area contributed by atoms with Crippen LogP contribution in [0.4, 0.5) is 0 Å². The van der Waals surface area contributed by atoms with E-state index in [1.165, 1.54) is 16.2 Å². The van der Waals surface area contributed by atoms with Crippen LogP contribution in [0.2, 0.25) is 0 Å². The molecule has 7 heteroatoms. The third kappa shape index (κ3) is 4.52. The summed E-state index contributed by atoms with van der Waals surface area (Å²) in [6.07, 6.45) is 0.871. The zero-order chi connectivity index (χ0) is 13.7. The summed E-state index contributed by atoms with van der Waals surface area (Å²) < 4.78 is 5.62. The van der Waals surface area contributed by atoms with Crippen molar-refractivity contribution in [3.8, 4) is 5.19 Å². The standard InChI is InChI=1S/C12H18N4OS2/c1-8(2)13-6-11-15-16-12(19-11)17-5-4-10-9(3)14-7-18-10/h7-8,13H,4-6H2,1-3H3. The van der Waals surface area contributed by atoms with E-state index >= 15 is 0 Å². The zero-order valence-corrected chi connectivity index (χ0v) is 13.0. The molecule has 0 spiro atoms. The second-order valence-corrected chi connectivity index (χ2v) is 6.42. The molecule has 0 aliphatic heterocycles. The molecule has 104 valence electrons. The highest BCUT2D eigenvalue weighted by Gasteiger charge is 2.07. The molecule has 0 saturated carbocycles. The van der Waals surface area contributed by atoms with Crippen molar-refractivity contribution in [1.82, 2.24) is 20.5 Å². The third-order valence-corrected chi connectivity index (χ3v) is 4.34. The number of aromatic nitrogens is 3. The lowest BCUT2D eigenvalue weighted by atomic mass is 10.3. The Bertz CT molecular complexity index is 509. The van der Waals surface area contributed by atoms with Crippen LogP contribution in [0.25, 0.3) is 0 Å². The highest BCUT2D eigenvalue weighted by Crippen LogP contribution is 2.19. The quantitative estimate of drug-likeness (QED) is 0.850. The molecule has 5 nitrogen and oxygen atoms in total. The summed E-state index contributed by atoms with van der Waals surface area (Å²) in [4.78, 5) is 5.49. The number of rotatable bonds is 7. The number of ether oxygens (including phenoxy) is 1. The maximum absolute atomic E-state index is 5.62. The SMILES string of the molecule is Cc1ncsc1CCOc1nnc(CNC(C)C)s1. The van der Waals surface area contributed by atoms with Crippen LogP contribution in [-0.2, 0) is 13.0 Å². The zero-order valence-electron chi connectivity index (χ0n) is 11.3. The minimum Gasteiger partial charge on any atom is -0.469 e. The Hall–Kier alpha value is -1.05. The molecule has 0 aliphatic carbocycles. The first-order valence-corrected chi connectivity index (χ1v) is 7.92. The number of nitrogens with zero attached hydrogens (tertiary/aromatic N) is 3. The summed E-state index contributed by atoms with van der Waals surface area (Å²) in [6, 6.07) is 0.447. The van der Waals surface area contributed by atoms with E-state index in [9.17, 15) is 0 Å². The monoisotopic (exact) mass is 298 g/mol. The summed E-state index contributed by atoms with van der Waals surface area (Å²) in [7, 11) is 0. The molecule has 0 aliphatic rings. The largest absolute Gasteiger partial charge is 0.469 e. The van der Waals surface area contributed by atoms with Crippen LogP contribution in [0, 0.1) is 6.92 Å². The molecule has 0 unspecified atom stereocenters. The van der Waals surface area contributed by atoms with E-state index in [1.807, 2.05) is 12.4 Å². The minimum atomic E-state index is 0.447. The molecule has 2 aromatic rings. The van der Waals surface area contributed by atoms with Gasteiger partial charge in [0, 0.05) is 17.3 Å². The Morgan fingerprint density at radius 2 is 2.21 bits per heavy atom. The van der Waals surface area contributed by atoms with Gasteiger partial charge < -0.3 is 10.1 Å². The molecule has 2 aromatic heterocycles. The van der Waals surface area contributed by atoms with Crippen molar-refractivity contribution in [2.45, 2.75) is 39.8 Å². The van der Waals surface area contributed by atoms with Gasteiger partial charge in [-0.2, -0.15) is 0 Å². The molecule has 0 saturated heterocycles. The molecular weight excluding hydrogens is 280 g/mol. The van der Waals surface area contributed by atoms with E-state index in [-0.39, 0.29) is 0 Å². The summed E-state index contributed by atoms with van der Waals surface area (Å²) in [5.41, 5.74) is 2.96. The van der Waals surface area contributed by atoms with Gasteiger partial charge in [0.15, 0.2) is 0 Å². The van der Waals surface area contributed by atoms with E-state index in [0.717, 1.165) is 23.7 Å². The van der Waals surface area contributed by atoms with Gasteiger partial charge in [-0.25, -0.2) is 4.98 Å². The summed E-state index contributed by atoms with van der Waals surface area (Å²) >= 11 is 3.16. The molecule has 1 N–H and O–H groups in total. The summed E-state index contributed by atoms with van der Waals surface area (Å²) in [5.74, 6) is 0. The third-order valence-electron chi connectivity index (χ3n) is 2.51. The highest BCUT2D eigenvalue weighted by molar-refractivity contribution is 7.13. The van der Waals surface area contributed by atoms with Gasteiger partial charge in [0.05, 0.1) is 24.4 Å². The molecular formula is C12H18N4OS2. The van der Waals surface area contributed by atoms with Gasteiger partial charge >= 0.3 is 0 Å². The Kier molecular flexibility index (Phi) is 5.24. The van der Waals surface area contributed by atoms with Crippen molar-refractivity contribution in [2.24, 2.45) is 0 Å². The van der Waals surface area contributed by atoms with Crippen molar-refractivity contribution in [2.75, 3.05) is 6.61 Å². The lowest BCUT2D eigenvalue weighted by molar-refractivity contribution is 0.318.